The van der Waals surface area contributed by atoms with Crippen molar-refractivity contribution in [2.75, 3.05) is 0 Å². The molecule has 0 aromatic heterocycles. The van der Waals surface area contributed by atoms with Crippen LogP contribution < -0.4 is 0 Å². The number of halogens is 3. The first-order chi connectivity index (χ1) is 7.53. The summed E-state index contributed by atoms with van der Waals surface area (Å²) in [6.07, 6.45) is -3.70. The number of Topliss-reactive ketones (excluding diaryl/α,β-unsaturated/α-hetero) is 1. The monoisotopic (exact) mass is 248 g/mol. The molecular weight excluding hydrogens is 233 g/mol. The summed E-state index contributed by atoms with van der Waals surface area (Å²) in [4.78, 5) is 12.1. The summed E-state index contributed by atoms with van der Waals surface area (Å²) in [5, 5.41) is 9.26. The Hall–Kier alpha value is -1.00. The lowest BCUT2D eigenvalue weighted by atomic mass is 9.70. The molecule has 96 valence electrons. The van der Waals surface area contributed by atoms with Gasteiger partial charge in [0.1, 0.15) is 0 Å². The van der Waals surface area contributed by atoms with Crippen molar-refractivity contribution in [3.63, 3.8) is 0 Å². The van der Waals surface area contributed by atoms with Gasteiger partial charge in [-0.25, -0.2) is 0 Å². The Morgan fingerprint density at radius 1 is 1.35 bits per heavy atom. The maximum absolute atomic E-state index is 12.5. The van der Waals surface area contributed by atoms with Gasteiger partial charge < -0.3 is 5.11 Å². The van der Waals surface area contributed by atoms with E-state index >= 15 is 0 Å². The van der Waals surface area contributed by atoms with Crippen LogP contribution >= 0.6 is 0 Å². The van der Waals surface area contributed by atoms with Crippen molar-refractivity contribution < 1.29 is 23.1 Å². The molecule has 0 spiro atoms. The lowest BCUT2D eigenvalue weighted by molar-refractivity contribution is -0.131. The third kappa shape index (κ3) is 1.31. The number of fused-ring (bicyclic) bond motifs is 2. The Labute approximate surface area is 97.5 Å². The van der Waals surface area contributed by atoms with Gasteiger partial charge in [-0.05, 0) is 24.2 Å². The number of hydrogen-bond acceptors (Lipinski definition) is 2. The first-order valence-corrected chi connectivity index (χ1v) is 5.58. The number of carbonyl (C=O) groups is 1. The van der Waals surface area contributed by atoms with Crippen LogP contribution in [-0.4, -0.2) is 17.1 Å². The molecule has 17 heavy (non-hydrogen) atoms. The highest BCUT2D eigenvalue weighted by atomic mass is 19.4. The number of rotatable bonds is 0. The number of alkyl halides is 3. The van der Waals surface area contributed by atoms with Gasteiger partial charge in [-0.1, -0.05) is 20.8 Å². The van der Waals surface area contributed by atoms with E-state index < -0.39 is 40.0 Å². The van der Waals surface area contributed by atoms with E-state index in [2.05, 4.69) is 0 Å². The minimum Gasteiger partial charge on any atom is -0.504 e. The van der Waals surface area contributed by atoms with Gasteiger partial charge in [0.15, 0.2) is 5.78 Å². The third-order valence-electron chi connectivity index (χ3n) is 4.84. The molecule has 2 bridgehead atoms. The van der Waals surface area contributed by atoms with Gasteiger partial charge in [0.25, 0.3) is 0 Å². The van der Waals surface area contributed by atoms with Gasteiger partial charge in [-0.15, -0.1) is 0 Å². The molecule has 0 aromatic carbocycles. The molecule has 0 aromatic rings. The molecule has 0 radical (unpaired) electrons. The summed E-state index contributed by atoms with van der Waals surface area (Å²) >= 11 is 0. The van der Waals surface area contributed by atoms with Crippen molar-refractivity contribution in [1.82, 2.24) is 0 Å². The van der Waals surface area contributed by atoms with Gasteiger partial charge in [0.05, 0.1) is 0 Å². The summed E-state index contributed by atoms with van der Waals surface area (Å²) in [5.41, 5.74) is -1.69. The summed E-state index contributed by atoms with van der Waals surface area (Å²) in [5.74, 6) is -2.71. The quantitative estimate of drug-likeness (QED) is 0.527. The van der Waals surface area contributed by atoms with Gasteiger partial charge in [0, 0.05) is 11.0 Å². The Bertz CT molecular complexity index is 420. The van der Waals surface area contributed by atoms with E-state index in [9.17, 15) is 23.1 Å². The zero-order chi connectivity index (χ0) is 13.2. The highest BCUT2D eigenvalue weighted by Crippen LogP contribution is 2.66. The zero-order valence-electron chi connectivity index (χ0n) is 9.98. The predicted molar refractivity (Wildman–Crippen MR) is 55.3 cm³/mol. The van der Waals surface area contributed by atoms with Crippen LogP contribution in [0.25, 0.3) is 0 Å². The maximum atomic E-state index is 12.5. The van der Waals surface area contributed by atoms with Crippen molar-refractivity contribution in [2.24, 2.45) is 16.7 Å². The Morgan fingerprint density at radius 3 is 2.24 bits per heavy atom. The van der Waals surface area contributed by atoms with E-state index in [4.69, 9.17) is 0 Å². The normalized spacial score (nSPS) is 38.7. The van der Waals surface area contributed by atoms with Crippen LogP contribution in [0.5, 0.6) is 0 Å². The molecule has 0 saturated heterocycles. The second kappa shape index (κ2) is 3.06. The fraction of sp³-hybridized carbons (Fsp3) is 0.750. The summed E-state index contributed by atoms with van der Waals surface area (Å²) < 4.78 is 37.5. The van der Waals surface area contributed by atoms with Gasteiger partial charge in [-0.3, -0.25) is 4.79 Å². The lowest BCUT2D eigenvalue weighted by Gasteiger charge is -2.31. The number of hydrogen-bond donors (Lipinski definition) is 1. The van der Waals surface area contributed by atoms with E-state index in [-0.39, 0.29) is 0 Å². The summed E-state index contributed by atoms with van der Waals surface area (Å²) in [6.45, 7) is 5.31. The Kier molecular flexibility index (Phi) is 2.24. The number of aliphatic hydroxyl groups excluding tert-OH is 1. The van der Waals surface area contributed by atoms with Crippen LogP contribution in [0.1, 0.15) is 33.6 Å². The molecule has 2 fully saturated rings. The van der Waals surface area contributed by atoms with Crippen LogP contribution in [0, 0.1) is 16.7 Å². The van der Waals surface area contributed by atoms with E-state index in [0.717, 1.165) is 0 Å². The molecule has 5 heteroatoms. The second-order valence-electron chi connectivity index (χ2n) is 5.73. The summed E-state index contributed by atoms with van der Waals surface area (Å²) in [7, 11) is 0. The number of carbonyl (C=O) groups excluding carboxylic acids is 1. The highest BCUT2D eigenvalue weighted by molar-refractivity contribution is 6.05. The fourth-order valence-corrected chi connectivity index (χ4v) is 3.29. The van der Waals surface area contributed by atoms with Crippen LogP contribution in [0.4, 0.5) is 13.2 Å². The summed E-state index contributed by atoms with van der Waals surface area (Å²) in [6, 6.07) is 0. The average molecular weight is 248 g/mol. The van der Waals surface area contributed by atoms with Crippen LogP contribution in [0.2, 0.25) is 0 Å². The zero-order valence-corrected chi connectivity index (χ0v) is 9.98. The smallest absolute Gasteiger partial charge is 0.449 e. The SMILES string of the molecule is CC1(C)C2CC[C@]1(C)C(=O)/C2=C(\O)C(F)(F)F. The molecule has 2 aliphatic carbocycles. The molecule has 0 aliphatic heterocycles. The third-order valence-corrected chi connectivity index (χ3v) is 4.84. The second-order valence-corrected chi connectivity index (χ2v) is 5.73. The molecule has 2 saturated carbocycles. The Balaban J connectivity index is 2.60. The first kappa shape index (κ1) is 12.5. The van der Waals surface area contributed by atoms with Crippen molar-refractivity contribution in [2.45, 2.75) is 39.8 Å². The maximum Gasteiger partial charge on any atom is 0.449 e. The Morgan fingerprint density at radius 2 is 1.88 bits per heavy atom. The molecule has 2 atom stereocenters. The van der Waals surface area contributed by atoms with Crippen LogP contribution in [0.3, 0.4) is 0 Å². The molecule has 0 heterocycles. The van der Waals surface area contributed by atoms with Crippen molar-refractivity contribution >= 4 is 5.78 Å². The average Bonchev–Trinajstić information content (AvgIpc) is 2.47. The fourth-order valence-electron chi connectivity index (χ4n) is 3.29. The molecule has 0 amide bonds. The number of aliphatic hydroxyl groups is 1. The highest BCUT2D eigenvalue weighted by Gasteiger charge is 2.66. The number of allylic oxidation sites excluding steroid dienone is 2. The van der Waals surface area contributed by atoms with E-state index in [0.29, 0.717) is 12.8 Å². The van der Waals surface area contributed by atoms with Crippen LogP contribution in [0.15, 0.2) is 11.3 Å². The van der Waals surface area contributed by atoms with E-state index in [1.807, 2.05) is 0 Å². The van der Waals surface area contributed by atoms with E-state index in [1.54, 1.807) is 20.8 Å². The molecule has 1 unspecified atom stereocenters. The van der Waals surface area contributed by atoms with Gasteiger partial charge in [0.2, 0.25) is 5.76 Å². The minimum atomic E-state index is -4.83. The molecule has 2 nitrogen and oxygen atoms in total. The largest absolute Gasteiger partial charge is 0.504 e. The minimum absolute atomic E-state index is 0.406. The molecule has 2 rings (SSSR count). The van der Waals surface area contributed by atoms with Gasteiger partial charge in [-0.2, -0.15) is 13.2 Å². The van der Waals surface area contributed by atoms with Crippen LogP contribution in [-0.2, 0) is 4.79 Å². The van der Waals surface area contributed by atoms with E-state index in [1.165, 1.54) is 0 Å². The van der Waals surface area contributed by atoms with Crippen molar-refractivity contribution in [3.8, 4) is 0 Å². The number of ketones is 1. The topological polar surface area (TPSA) is 37.3 Å². The van der Waals surface area contributed by atoms with Crippen molar-refractivity contribution in [1.29, 1.82) is 0 Å². The molecule has 1 N–H and O–H groups in total. The molecular formula is C12H15F3O2. The molecule has 2 aliphatic rings. The first-order valence-electron chi connectivity index (χ1n) is 5.58. The lowest BCUT2D eigenvalue weighted by Crippen LogP contribution is -2.32. The van der Waals surface area contributed by atoms with Crippen molar-refractivity contribution in [3.05, 3.63) is 11.3 Å². The van der Waals surface area contributed by atoms with Gasteiger partial charge >= 0.3 is 6.18 Å². The standard InChI is InChI=1S/C12H15F3O2/c1-10(2)6-4-5-11(10,3)8(16)7(6)9(17)12(13,14)15/h6,17H,4-5H2,1-3H3/b9-7-/t6?,11-/m1/s1. The predicted octanol–water partition coefficient (Wildman–Crippen LogP) is 3.39.